The van der Waals surface area contributed by atoms with E-state index in [4.69, 9.17) is 10.2 Å². The van der Waals surface area contributed by atoms with E-state index in [1.165, 1.54) is 23.8 Å². The van der Waals surface area contributed by atoms with Gasteiger partial charge in [-0.25, -0.2) is 4.39 Å². The molecule has 1 unspecified atom stereocenters. The summed E-state index contributed by atoms with van der Waals surface area (Å²) in [5.74, 6) is 1.35. The lowest BCUT2D eigenvalue weighted by Gasteiger charge is -2.30. The molecular formula is C17H16FN5OS2. The zero-order chi connectivity index (χ0) is 18.3. The second-order valence-corrected chi connectivity index (χ2v) is 9.11. The lowest BCUT2D eigenvalue weighted by atomic mass is 10.1. The molecule has 0 spiro atoms. The van der Waals surface area contributed by atoms with Crippen LogP contribution in [-0.2, 0) is 0 Å². The average Bonchev–Trinajstić information content (AvgIpc) is 3.27. The zero-order valence-electron chi connectivity index (χ0n) is 14.1. The molecule has 26 heavy (non-hydrogen) atoms. The third kappa shape index (κ3) is 3.12. The normalized spacial score (nSPS) is 19.3. The summed E-state index contributed by atoms with van der Waals surface area (Å²) >= 11 is 3.06. The number of halogens is 1. The van der Waals surface area contributed by atoms with Crippen molar-refractivity contribution in [3.05, 3.63) is 41.6 Å². The van der Waals surface area contributed by atoms with Crippen LogP contribution in [0.1, 0.15) is 24.8 Å². The Balaban J connectivity index is 1.68. The largest absolute Gasteiger partial charge is 0.423 e. The Kier molecular flexibility index (Phi) is 4.28. The molecule has 4 heterocycles. The van der Waals surface area contributed by atoms with Crippen LogP contribution in [-0.4, -0.2) is 31.5 Å². The van der Waals surface area contributed by atoms with Crippen LogP contribution < -0.4 is 5.73 Å². The first kappa shape index (κ1) is 17.2. The first-order valence-electron chi connectivity index (χ1n) is 7.93. The van der Waals surface area contributed by atoms with Crippen LogP contribution in [0.4, 0.5) is 4.39 Å². The van der Waals surface area contributed by atoms with Gasteiger partial charge < -0.3 is 10.2 Å². The Morgan fingerprint density at radius 3 is 2.81 bits per heavy atom. The minimum Gasteiger partial charge on any atom is -0.423 e. The molecular weight excluding hydrogens is 373 g/mol. The minimum atomic E-state index is -0.268. The van der Waals surface area contributed by atoms with Gasteiger partial charge in [-0.3, -0.25) is 9.98 Å². The van der Waals surface area contributed by atoms with Crippen LogP contribution in [0.5, 0.6) is 0 Å². The lowest BCUT2D eigenvalue weighted by molar-refractivity contribution is 0.568. The number of aromatic nitrogens is 3. The summed E-state index contributed by atoms with van der Waals surface area (Å²) in [4.78, 5) is 10.1. The van der Waals surface area contributed by atoms with E-state index in [1.807, 2.05) is 19.9 Å². The molecule has 9 heteroatoms. The average molecular weight is 389 g/mol. The number of hydrogen-bond acceptors (Lipinski definition) is 8. The molecule has 0 radical (unpaired) electrons. The highest BCUT2D eigenvalue weighted by molar-refractivity contribution is 8.01. The molecule has 3 aromatic rings. The van der Waals surface area contributed by atoms with Crippen molar-refractivity contribution in [2.24, 2.45) is 10.7 Å². The molecule has 0 aromatic carbocycles. The van der Waals surface area contributed by atoms with E-state index >= 15 is 0 Å². The van der Waals surface area contributed by atoms with Crippen LogP contribution >= 0.6 is 23.1 Å². The Labute approximate surface area is 157 Å². The fraction of sp³-hybridized carbons (Fsp3) is 0.294. The number of nitrogens with zero attached hydrogens (tertiary/aromatic N) is 4. The SMILES string of the molecule is CC1(C)SCC(c2sc(-c3cncc(-c4nnco4)c3)cc2F)N=C1N. The van der Waals surface area contributed by atoms with Gasteiger partial charge in [-0.1, -0.05) is 0 Å². The molecule has 0 fully saturated rings. The smallest absolute Gasteiger partial charge is 0.249 e. The maximum atomic E-state index is 14.6. The number of amidine groups is 1. The Bertz CT molecular complexity index is 967. The van der Waals surface area contributed by atoms with Gasteiger partial charge in [0.2, 0.25) is 12.3 Å². The molecule has 2 N–H and O–H groups in total. The van der Waals surface area contributed by atoms with E-state index in [-0.39, 0.29) is 16.6 Å². The number of aliphatic imine (C=N–C) groups is 1. The molecule has 0 saturated heterocycles. The van der Waals surface area contributed by atoms with Gasteiger partial charge in [0.05, 0.1) is 21.2 Å². The van der Waals surface area contributed by atoms with E-state index in [2.05, 4.69) is 20.2 Å². The Morgan fingerprint density at radius 2 is 2.08 bits per heavy atom. The van der Waals surface area contributed by atoms with Crippen molar-refractivity contribution in [1.29, 1.82) is 0 Å². The molecule has 0 saturated carbocycles. The number of rotatable bonds is 3. The first-order valence-corrected chi connectivity index (χ1v) is 9.73. The summed E-state index contributed by atoms with van der Waals surface area (Å²) in [6.45, 7) is 4.05. The third-order valence-corrected chi connectivity index (χ3v) is 6.83. The summed E-state index contributed by atoms with van der Waals surface area (Å²) < 4.78 is 19.6. The molecule has 134 valence electrons. The van der Waals surface area contributed by atoms with Crippen molar-refractivity contribution in [2.45, 2.75) is 24.6 Å². The predicted octanol–water partition coefficient (Wildman–Crippen LogP) is 3.92. The molecule has 4 rings (SSSR count). The number of pyridine rings is 1. The fourth-order valence-corrected chi connectivity index (χ4v) is 4.78. The van der Waals surface area contributed by atoms with Gasteiger partial charge in [-0.2, -0.15) is 0 Å². The summed E-state index contributed by atoms with van der Waals surface area (Å²) in [7, 11) is 0. The van der Waals surface area contributed by atoms with Crippen molar-refractivity contribution in [3.8, 4) is 21.9 Å². The van der Waals surface area contributed by atoms with Crippen molar-refractivity contribution >= 4 is 28.9 Å². The van der Waals surface area contributed by atoms with Crippen molar-refractivity contribution < 1.29 is 8.81 Å². The molecule has 1 aliphatic rings. The van der Waals surface area contributed by atoms with Gasteiger partial charge in [0.15, 0.2) is 0 Å². The summed E-state index contributed by atoms with van der Waals surface area (Å²) in [5, 5.41) is 7.55. The topological polar surface area (TPSA) is 90.2 Å². The number of thiophene rings is 1. The zero-order valence-corrected chi connectivity index (χ0v) is 15.8. The maximum Gasteiger partial charge on any atom is 0.249 e. The number of nitrogens with two attached hydrogens (primary N) is 1. The Hall–Kier alpha value is -2.26. The van der Waals surface area contributed by atoms with Crippen LogP contribution in [0.15, 0.2) is 40.3 Å². The van der Waals surface area contributed by atoms with E-state index in [1.54, 1.807) is 24.2 Å². The van der Waals surface area contributed by atoms with Crippen LogP contribution in [0, 0.1) is 5.82 Å². The third-order valence-electron chi connectivity index (χ3n) is 4.16. The number of hydrogen-bond donors (Lipinski definition) is 1. The molecule has 0 bridgehead atoms. The highest BCUT2D eigenvalue weighted by Gasteiger charge is 2.32. The molecule has 1 atom stereocenters. The van der Waals surface area contributed by atoms with E-state index < -0.39 is 0 Å². The van der Waals surface area contributed by atoms with E-state index in [0.717, 1.165) is 10.4 Å². The maximum absolute atomic E-state index is 14.6. The lowest BCUT2D eigenvalue weighted by Crippen LogP contribution is -2.39. The summed E-state index contributed by atoms with van der Waals surface area (Å²) in [6.07, 6.45) is 4.58. The van der Waals surface area contributed by atoms with Crippen molar-refractivity contribution in [2.75, 3.05) is 5.75 Å². The monoisotopic (exact) mass is 389 g/mol. The summed E-state index contributed by atoms with van der Waals surface area (Å²) in [5.41, 5.74) is 7.54. The van der Waals surface area contributed by atoms with Crippen molar-refractivity contribution in [3.63, 3.8) is 0 Å². The highest BCUT2D eigenvalue weighted by atomic mass is 32.2. The minimum absolute atomic E-state index is 0.213. The van der Waals surface area contributed by atoms with Gasteiger partial charge in [0.1, 0.15) is 11.7 Å². The van der Waals surface area contributed by atoms with Crippen molar-refractivity contribution in [1.82, 2.24) is 15.2 Å². The molecule has 0 amide bonds. The standard InChI is InChI=1S/C17H16FN5OS2/c1-17(2)16(19)22-12(7-25-17)14-11(18)4-13(26-14)9-3-10(6-20-5-9)15-23-21-8-24-15/h3-6,8,12H,7H2,1-2H3,(H2,19,22). The van der Waals surface area contributed by atoms with E-state index in [9.17, 15) is 4.39 Å². The second kappa shape index (κ2) is 6.48. The van der Waals surface area contributed by atoms with E-state index in [0.29, 0.717) is 27.9 Å². The number of thioether (sulfide) groups is 1. The molecule has 1 aliphatic heterocycles. The Morgan fingerprint density at radius 1 is 1.27 bits per heavy atom. The highest BCUT2D eigenvalue weighted by Crippen LogP contribution is 2.42. The molecule has 0 aliphatic carbocycles. The first-order chi connectivity index (χ1) is 12.4. The van der Waals surface area contributed by atoms with Crippen LogP contribution in [0.3, 0.4) is 0 Å². The van der Waals surface area contributed by atoms with Gasteiger partial charge >= 0.3 is 0 Å². The van der Waals surface area contributed by atoms with Gasteiger partial charge in [-0.05, 0) is 26.0 Å². The summed E-state index contributed by atoms with van der Waals surface area (Å²) in [6, 6.07) is 3.11. The van der Waals surface area contributed by atoms with Gasteiger partial charge in [0.25, 0.3) is 0 Å². The van der Waals surface area contributed by atoms with Crippen LogP contribution in [0.25, 0.3) is 21.9 Å². The fourth-order valence-electron chi connectivity index (χ4n) is 2.60. The van der Waals surface area contributed by atoms with Crippen LogP contribution in [0.2, 0.25) is 0 Å². The van der Waals surface area contributed by atoms with Gasteiger partial charge in [-0.15, -0.1) is 33.3 Å². The second-order valence-electron chi connectivity index (χ2n) is 6.38. The van der Waals surface area contributed by atoms with Gasteiger partial charge in [0, 0.05) is 28.6 Å². The molecule has 3 aromatic heterocycles. The molecule has 6 nitrogen and oxygen atoms in total. The predicted molar refractivity (Wildman–Crippen MR) is 102 cm³/mol. The quantitative estimate of drug-likeness (QED) is 0.730.